The molecule has 0 aliphatic rings. The SMILES string of the molecule is Cc1ccc(-c2cnc(-n3nc(C)cc3C)[nH]2)cc1. The van der Waals surface area contributed by atoms with Crippen LogP contribution in [-0.2, 0) is 0 Å². The Morgan fingerprint density at radius 2 is 1.79 bits per heavy atom. The van der Waals surface area contributed by atoms with Gasteiger partial charge in [-0.1, -0.05) is 29.8 Å². The van der Waals surface area contributed by atoms with E-state index in [9.17, 15) is 0 Å². The van der Waals surface area contributed by atoms with Crippen molar-refractivity contribution in [3.05, 3.63) is 53.5 Å². The molecule has 0 bridgehead atoms. The summed E-state index contributed by atoms with van der Waals surface area (Å²) in [7, 11) is 0. The normalized spacial score (nSPS) is 10.9. The zero-order chi connectivity index (χ0) is 13.4. The van der Waals surface area contributed by atoms with Crippen LogP contribution in [0.5, 0.6) is 0 Å². The van der Waals surface area contributed by atoms with E-state index in [0.717, 1.165) is 28.6 Å². The van der Waals surface area contributed by atoms with Gasteiger partial charge in [0.25, 0.3) is 0 Å². The van der Waals surface area contributed by atoms with Crippen LogP contribution in [0.4, 0.5) is 0 Å². The van der Waals surface area contributed by atoms with Crippen molar-refractivity contribution in [3.63, 3.8) is 0 Å². The van der Waals surface area contributed by atoms with Gasteiger partial charge in [-0.05, 0) is 32.4 Å². The second-order valence-electron chi connectivity index (χ2n) is 4.83. The summed E-state index contributed by atoms with van der Waals surface area (Å²) in [5, 5.41) is 4.42. The maximum absolute atomic E-state index is 4.42. The minimum Gasteiger partial charge on any atom is -0.322 e. The van der Waals surface area contributed by atoms with Gasteiger partial charge in [0.1, 0.15) is 0 Å². The Kier molecular flexibility index (Phi) is 2.71. The highest BCUT2D eigenvalue weighted by Crippen LogP contribution is 2.19. The largest absolute Gasteiger partial charge is 0.322 e. The lowest BCUT2D eigenvalue weighted by atomic mass is 10.1. The highest BCUT2D eigenvalue weighted by molar-refractivity contribution is 5.59. The van der Waals surface area contributed by atoms with Crippen LogP contribution in [0.2, 0.25) is 0 Å². The van der Waals surface area contributed by atoms with Gasteiger partial charge in [0.2, 0.25) is 5.95 Å². The number of aryl methyl sites for hydroxylation is 3. The zero-order valence-corrected chi connectivity index (χ0v) is 11.3. The summed E-state index contributed by atoms with van der Waals surface area (Å²) >= 11 is 0. The van der Waals surface area contributed by atoms with Crippen molar-refractivity contribution in [1.82, 2.24) is 19.7 Å². The quantitative estimate of drug-likeness (QED) is 0.761. The predicted octanol–water partition coefficient (Wildman–Crippen LogP) is 3.19. The van der Waals surface area contributed by atoms with E-state index in [1.807, 2.05) is 30.8 Å². The molecule has 19 heavy (non-hydrogen) atoms. The first-order valence-electron chi connectivity index (χ1n) is 6.29. The van der Waals surface area contributed by atoms with Gasteiger partial charge in [-0.25, -0.2) is 9.67 Å². The highest BCUT2D eigenvalue weighted by atomic mass is 15.4. The fraction of sp³-hybridized carbons (Fsp3) is 0.200. The van der Waals surface area contributed by atoms with Crippen LogP contribution in [-0.4, -0.2) is 19.7 Å². The molecule has 0 spiro atoms. The topological polar surface area (TPSA) is 46.5 Å². The molecule has 96 valence electrons. The number of H-pyrrole nitrogens is 1. The van der Waals surface area contributed by atoms with E-state index in [0.29, 0.717) is 0 Å². The molecule has 0 unspecified atom stereocenters. The lowest BCUT2D eigenvalue weighted by Gasteiger charge is -2.00. The third-order valence-corrected chi connectivity index (χ3v) is 3.14. The second-order valence-corrected chi connectivity index (χ2v) is 4.83. The summed E-state index contributed by atoms with van der Waals surface area (Å²) in [6.07, 6.45) is 1.84. The molecule has 2 heterocycles. The molecule has 1 aromatic carbocycles. The van der Waals surface area contributed by atoms with Gasteiger partial charge in [-0.15, -0.1) is 0 Å². The number of nitrogens with one attached hydrogen (secondary N) is 1. The van der Waals surface area contributed by atoms with Crippen LogP contribution in [0.15, 0.2) is 36.5 Å². The zero-order valence-electron chi connectivity index (χ0n) is 11.3. The molecule has 0 saturated carbocycles. The van der Waals surface area contributed by atoms with E-state index in [-0.39, 0.29) is 0 Å². The first-order chi connectivity index (χ1) is 9.13. The van der Waals surface area contributed by atoms with E-state index in [2.05, 4.69) is 46.3 Å². The van der Waals surface area contributed by atoms with Gasteiger partial charge in [0, 0.05) is 5.69 Å². The molecule has 0 fully saturated rings. The van der Waals surface area contributed by atoms with Crippen LogP contribution in [0.3, 0.4) is 0 Å². The fourth-order valence-corrected chi connectivity index (χ4v) is 2.14. The first-order valence-corrected chi connectivity index (χ1v) is 6.29. The maximum Gasteiger partial charge on any atom is 0.228 e. The maximum atomic E-state index is 4.42. The van der Waals surface area contributed by atoms with Gasteiger partial charge in [-0.2, -0.15) is 5.10 Å². The van der Waals surface area contributed by atoms with E-state index >= 15 is 0 Å². The molecular formula is C15H16N4. The van der Waals surface area contributed by atoms with Crippen LogP contribution in [0, 0.1) is 20.8 Å². The molecule has 2 aromatic heterocycles. The van der Waals surface area contributed by atoms with Gasteiger partial charge >= 0.3 is 0 Å². The van der Waals surface area contributed by atoms with E-state index < -0.39 is 0 Å². The number of aromatic nitrogens is 4. The molecule has 4 heteroatoms. The average Bonchev–Trinajstić information content (AvgIpc) is 2.97. The van der Waals surface area contributed by atoms with Crippen LogP contribution < -0.4 is 0 Å². The molecular weight excluding hydrogens is 236 g/mol. The highest BCUT2D eigenvalue weighted by Gasteiger charge is 2.08. The molecule has 1 N–H and O–H groups in total. The third-order valence-electron chi connectivity index (χ3n) is 3.14. The van der Waals surface area contributed by atoms with Crippen LogP contribution >= 0.6 is 0 Å². The van der Waals surface area contributed by atoms with Crippen molar-refractivity contribution in [3.8, 4) is 17.2 Å². The Morgan fingerprint density at radius 1 is 1.05 bits per heavy atom. The smallest absolute Gasteiger partial charge is 0.228 e. The predicted molar refractivity (Wildman–Crippen MR) is 75.4 cm³/mol. The first kappa shape index (κ1) is 11.7. The van der Waals surface area contributed by atoms with Gasteiger partial charge in [0.05, 0.1) is 17.6 Å². The molecule has 0 atom stereocenters. The Labute approximate surface area is 112 Å². The number of nitrogens with zero attached hydrogens (tertiary/aromatic N) is 3. The van der Waals surface area contributed by atoms with Gasteiger partial charge in [0.15, 0.2) is 0 Å². The number of aromatic amines is 1. The number of hydrogen-bond acceptors (Lipinski definition) is 2. The minimum absolute atomic E-state index is 0.751. The van der Waals surface area contributed by atoms with E-state index in [1.54, 1.807) is 0 Å². The summed E-state index contributed by atoms with van der Waals surface area (Å²) in [5.41, 5.74) is 5.45. The van der Waals surface area contributed by atoms with Crippen LogP contribution in [0.25, 0.3) is 17.2 Å². The summed E-state index contributed by atoms with van der Waals surface area (Å²) in [5.74, 6) is 0.751. The summed E-state index contributed by atoms with van der Waals surface area (Å²) < 4.78 is 1.83. The molecule has 3 aromatic rings. The summed E-state index contributed by atoms with van der Waals surface area (Å²) in [4.78, 5) is 7.71. The fourth-order valence-electron chi connectivity index (χ4n) is 2.14. The number of benzene rings is 1. The molecule has 0 amide bonds. The Bertz CT molecular complexity index is 704. The Morgan fingerprint density at radius 3 is 2.42 bits per heavy atom. The number of rotatable bonds is 2. The third kappa shape index (κ3) is 2.17. The van der Waals surface area contributed by atoms with Crippen molar-refractivity contribution < 1.29 is 0 Å². The molecule has 0 radical (unpaired) electrons. The summed E-state index contributed by atoms with van der Waals surface area (Å²) in [6, 6.07) is 10.4. The molecule has 4 nitrogen and oxygen atoms in total. The van der Waals surface area contributed by atoms with Crippen LogP contribution in [0.1, 0.15) is 17.0 Å². The van der Waals surface area contributed by atoms with Crippen molar-refractivity contribution in [2.45, 2.75) is 20.8 Å². The average molecular weight is 252 g/mol. The van der Waals surface area contributed by atoms with E-state index in [1.165, 1.54) is 5.56 Å². The number of imidazole rings is 1. The Balaban J connectivity index is 1.99. The van der Waals surface area contributed by atoms with Gasteiger partial charge < -0.3 is 4.98 Å². The van der Waals surface area contributed by atoms with Crippen molar-refractivity contribution in [2.24, 2.45) is 0 Å². The van der Waals surface area contributed by atoms with Crippen molar-refractivity contribution in [1.29, 1.82) is 0 Å². The van der Waals surface area contributed by atoms with Crippen molar-refractivity contribution >= 4 is 0 Å². The minimum atomic E-state index is 0.751. The molecule has 3 rings (SSSR count). The van der Waals surface area contributed by atoms with Crippen molar-refractivity contribution in [2.75, 3.05) is 0 Å². The standard InChI is InChI=1S/C15H16N4/c1-10-4-6-13(7-5-10)14-9-16-15(17-14)19-12(3)8-11(2)18-19/h4-9H,1-3H3,(H,16,17). The molecule has 0 aliphatic carbocycles. The second kappa shape index (κ2) is 4.39. The molecule has 0 aliphatic heterocycles. The number of hydrogen-bond donors (Lipinski definition) is 1. The lowest BCUT2D eigenvalue weighted by molar-refractivity contribution is 0.788. The lowest BCUT2D eigenvalue weighted by Crippen LogP contribution is -2.01. The molecule has 0 saturated heterocycles. The monoisotopic (exact) mass is 252 g/mol. The van der Waals surface area contributed by atoms with E-state index in [4.69, 9.17) is 0 Å². The van der Waals surface area contributed by atoms with Gasteiger partial charge in [-0.3, -0.25) is 0 Å². The Hall–Kier alpha value is -2.36. The summed E-state index contributed by atoms with van der Waals surface area (Å²) in [6.45, 7) is 6.08.